The van der Waals surface area contributed by atoms with E-state index in [-0.39, 0.29) is 0 Å². The van der Waals surface area contributed by atoms with E-state index in [9.17, 15) is 0 Å². The van der Waals surface area contributed by atoms with Crippen LogP contribution in [0.15, 0.2) is 291 Å². The van der Waals surface area contributed by atoms with Crippen LogP contribution in [0, 0.1) is 0 Å². The SMILES string of the molecule is c1ccc(-c2ccc3c4c2-c2ccc(N(c5ccc6c(c5)C(c5ccccc5)(c5ccccc5)c5ccccc5-6)c5cccc6ccccc56)cc2C4(c2ccccc2)c2ccccc2N3c2ccccc2)cc1. The highest BCUT2D eigenvalue weighted by Crippen LogP contribution is 2.67. The lowest BCUT2D eigenvalue weighted by Gasteiger charge is -2.45. The first-order valence-electron chi connectivity index (χ1n) is 25.8. The van der Waals surface area contributed by atoms with Crippen LogP contribution < -0.4 is 9.80 Å². The monoisotopic (exact) mass is 940 g/mol. The number of hydrogen-bond acceptors (Lipinski definition) is 2. The van der Waals surface area contributed by atoms with Crippen molar-refractivity contribution in [1.29, 1.82) is 0 Å². The Morgan fingerprint density at radius 2 is 0.811 bits per heavy atom. The highest BCUT2D eigenvalue weighted by Gasteiger charge is 2.54. The molecule has 346 valence electrons. The van der Waals surface area contributed by atoms with Crippen molar-refractivity contribution in [1.82, 2.24) is 0 Å². The lowest BCUT2D eigenvalue weighted by atomic mass is 9.64. The summed E-state index contributed by atoms with van der Waals surface area (Å²) in [5, 5.41) is 2.38. The minimum atomic E-state index is -0.677. The maximum atomic E-state index is 2.54. The molecule has 74 heavy (non-hydrogen) atoms. The van der Waals surface area contributed by atoms with Crippen molar-refractivity contribution in [2.24, 2.45) is 0 Å². The highest BCUT2D eigenvalue weighted by molar-refractivity contribution is 6.06. The molecule has 1 atom stereocenters. The Hall–Kier alpha value is -9.50. The summed E-state index contributed by atoms with van der Waals surface area (Å²) in [6, 6.07) is 109. The molecule has 1 heterocycles. The third kappa shape index (κ3) is 5.88. The molecule has 2 nitrogen and oxygen atoms in total. The van der Waals surface area contributed by atoms with Crippen LogP contribution in [0.5, 0.6) is 0 Å². The summed E-state index contributed by atoms with van der Waals surface area (Å²) in [6.07, 6.45) is 0. The number of anilines is 6. The van der Waals surface area contributed by atoms with Crippen LogP contribution in [0.4, 0.5) is 34.1 Å². The molecule has 12 aromatic carbocycles. The van der Waals surface area contributed by atoms with Gasteiger partial charge < -0.3 is 9.80 Å². The molecule has 3 aliphatic rings. The summed E-state index contributed by atoms with van der Waals surface area (Å²) in [6.45, 7) is 0. The maximum Gasteiger partial charge on any atom is 0.0755 e. The quantitative estimate of drug-likeness (QED) is 0.150. The van der Waals surface area contributed by atoms with E-state index in [1.54, 1.807) is 0 Å². The molecule has 1 aliphatic heterocycles. The summed E-state index contributed by atoms with van der Waals surface area (Å²) in [5.74, 6) is 0. The van der Waals surface area contributed by atoms with E-state index < -0.39 is 10.8 Å². The molecule has 0 radical (unpaired) electrons. The lowest BCUT2D eigenvalue weighted by Crippen LogP contribution is -2.36. The summed E-state index contributed by atoms with van der Waals surface area (Å²) in [4.78, 5) is 5.03. The van der Waals surface area contributed by atoms with Gasteiger partial charge in [0.15, 0.2) is 0 Å². The zero-order chi connectivity index (χ0) is 48.8. The van der Waals surface area contributed by atoms with E-state index in [4.69, 9.17) is 0 Å². The molecule has 0 saturated heterocycles. The fourth-order valence-electron chi connectivity index (χ4n) is 13.4. The summed E-state index contributed by atoms with van der Waals surface area (Å²) in [7, 11) is 0. The van der Waals surface area contributed by atoms with Crippen LogP contribution in [-0.2, 0) is 10.8 Å². The van der Waals surface area contributed by atoms with Crippen molar-refractivity contribution in [3.05, 3.63) is 336 Å². The van der Waals surface area contributed by atoms with Crippen molar-refractivity contribution < 1.29 is 0 Å². The standard InChI is InChI=1S/C72H48N2/c1-6-23-50(24-7-1)58-45-46-68-70-69(58)61-44-42-56(48-65(61)72(70,53-31-12-4-13-32-53)63-38-20-21-39-67(63)74(68)54-33-14-5-15-34-54)73(66-40-22-26-49-25-16-17-35-57(49)66)55-41-43-60-59-36-18-19-37-62(59)71(64(60)47-55,51-27-8-2-9-28-51)52-29-10-3-11-30-52/h1-48H. The predicted molar refractivity (Wildman–Crippen MR) is 307 cm³/mol. The van der Waals surface area contributed by atoms with E-state index >= 15 is 0 Å². The van der Waals surface area contributed by atoms with E-state index in [0.717, 1.165) is 22.7 Å². The van der Waals surface area contributed by atoms with Crippen LogP contribution in [0.3, 0.4) is 0 Å². The van der Waals surface area contributed by atoms with Gasteiger partial charge in [0.25, 0.3) is 0 Å². The first kappa shape index (κ1) is 42.2. The summed E-state index contributed by atoms with van der Waals surface area (Å²) >= 11 is 0. The van der Waals surface area contributed by atoms with Gasteiger partial charge in [-0.2, -0.15) is 0 Å². The Balaban J connectivity index is 1.05. The predicted octanol–water partition coefficient (Wildman–Crippen LogP) is 18.5. The number of hydrogen-bond donors (Lipinski definition) is 0. The van der Waals surface area contributed by atoms with Gasteiger partial charge in [-0.3, -0.25) is 0 Å². The molecule has 2 heteroatoms. The Morgan fingerprint density at radius 1 is 0.311 bits per heavy atom. The highest BCUT2D eigenvalue weighted by atomic mass is 15.2. The summed E-state index contributed by atoms with van der Waals surface area (Å²) < 4.78 is 0. The third-order valence-corrected chi connectivity index (χ3v) is 16.3. The lowest BCUT2D eigenvalue weighted by molar-refractivity contribution is 0.753. The van der Waals surface area contributed by atoms with Gasteiger partial charge in [0.1, 0.15) is 0 Å². The Bertz CT molecular complexity index is 4090. The van der Waals surface area contributed by atoms with Crippen LogP contribution in [0.2, 0.25) is 0 Å². The minimum absolute atomic E-state index is 0.563. The third-order valence-electron chi connectivity index (χ3n) is 16.3. The fraction of sp³-hybridized carbons (Fsp3) is 0.0278. The van der Waals surface area contributed by atoms with Crippen molar-refractivity contribution in [2.45, 2.75) is 10.8 Å². The Morgan fingerprint density at radius 3 is 1.50 bits per heavy atom. The molecular weight excluding hydrogens is 893 g/mol. The molecule has 2 aliphatic carbocycles. The van der Waals surface area contributed by atoms with Gasteiger partial charge >= 0.3 is 0 Å². The normalized spacial score (nSPS) is 15.2. The molecule has 0 amide bonds. The first-order chi connectivity index (χ1) is 36.7. The minimum Gasteiger partial charge on any atom is -0.310 e. The number of benzene rings is 12. The Labute approximate surface area is 432 Å². The number of nitrogens with zero attached hydrogens (tertiary/aromatic N) is 2. The number of para-hydroxylation sites is 2. The molecule has 0 N–H and O–H groups in total. The summed E-state index contributed by atoms with van der Waals surface area (Å²) in [5.41, 5.74) is 23.2. The Kier molecular flexibility index (Phi) is 9.43. The zero-order valence-electron chi connectivity index (χ0n) is 40.6. The molecule has 0 aromatic heterocycles. The van der Waals surface area contributed by atoms with E-state index in [0.29, 0.717) is 0 Å². The average molecular weight is 941 g/mol. The zero-order valence-corrected chi connectivity index (χ0v) is 40.6. The van der Waals surface area contributed by atoms with Crippen LogP contribution in [0.1, 0.15) is 44.5 Å². The van der Waals surface area contributed by atoms with Crippen LogP contribution >= 0.6 is 0 Å². The van der Waals surface area contributed by atoms with Gasteiger partial charge in [-0.25, -0.2) is 0 Å². The number of rotatable bonds is 8. The average Bonchev–Trinajstić information content (AvgIpc) is 4.04. The van der Waals surface area contributed by atoms with Gasteiger partial charge in [-0.05, 0) is 132 Å². The molecule has 0 saturated carbocycles. The van der Waals surface area contributed by atoms with Crippen molar-refractivity contribution in [3.63, 3.8) is 0 Å². The van der Waals surface area contributed by atoms with Crippen LogP contribution in [-0.4, -0.2) is 0 Å². The second-order valence-corrected chi connectivity index (χ2v) is 19.9. The second kappa shape index (κ2) is 16.5. The second-order valence-electron chi connectivity index (χ2n) is 19.9. The van der Waals surface area contributed by atoms with Gasteiger partial charge in [-0.1, -0.05) is 237 Å². The maximum absolute atomic E-state index is 2.54. The van der Waals surface area contributed by atoms with E-state index in [1.165, 1.54) is 100 Å². The topological polar surface area (TPSA) is 6.48 Å². The molecule has 12 aromatic rings. The van der Waals surface area contributed by atoms with Gasteiger partial charge in [0, 0.05) is 28.0 Å². The van der Waals surface area contributed by atoms with E-state index in [2.05, 4.69) is 301 Å². The molecular formula is C72H48N2. The van der Waals surface area contributed by atoms with Crippen molar-refractivity contribution in [2.75, 3.05) is 9.80 Å². The van der Waals surface area contributed by atoms with Gasteiger partial charge in [0.2, 0.25) is 0 Å². The van der Waals surface area contributed by atoms with Crippen molar-refractivity contribution in [3.8, 4) is 33.4 Å². The van der Waals surface area contributed by atoms with Crippen LogP contribution in [0.25, 0.3) is 44.2 Å². The van der Waals surface area contributed by atoms with Crippen molar-refractivity contribution >= 4 is 44.9 Å². The van der Waals surface area contributed by atoms with E-state index in [1.807, 2.05) is 0 Å². The smallest absolute Gasteiger partial charge is 0.0755 e. The number of fused-ring (bicyclic) bond motifs is 9. The largest absolute Gasteiger partial charge is 0.310 e. The molecule has 1 unspecified atom stereocenters. The van der Waals surface area contributed by atoms with Gasteiger partial charge in [-0.15, -0.1) is 0 Å². The molecule has 15 rings (SSSR count). The molecule has 0 spiro atoms. The molecule has 0 bridgehead atoms. The molecule has 0 fully saturated rings. The first-order valence-corrected chi connectivity index (χ1v) is 25.8. The van der Waals surface area contributed by atoms with Gasteiger partial charge in [0.05, 0.1) is 27.9 Å². The fourth-order valence-corrected chi connectivity index (χ4v) is 13.4.